The van der Waals surface area contributed by atoms with Crippen LogP contribution in [0.4, 0.5) is 0 Å². The Hall–Kier alpha value is -5.80. The molecule has 3 heteroatoms. The third-order valence-corrected chi connectivity index (χ3v) is 12.7. The average molecular weight is 669 g/mol. The first-order chi connectivity index (χ1) is 25.5. The lowest BCUT2D eigenvalue weighted by atomic mass is 9.82. The summed E-state index contributed by atoms with van der Waals surface area (Å²) in [7, 11) is 0. The molecule has 0 radical (unpaired) electrons. The molecule has 2 aromatic heterocycles. The summed E-state index contributed by atoms with van der Waals surface area (Å²) in [5.41, 5.74) is 15.2. The number of aryl methyl sites for hydroxylation is 1. The Balaban J connectivity index is 1.17. The molecule has 4 aliphatic carbocycles. The molecule has 0 spiro atoms. The van der Waals surface area contributed by atoms with Gasteiger partial charge < -0.3 is 4.42 Å². The molecule has 4 aliphatic rings. The molecule has 2 heterocycles. The van der Waals surface area contributed by atoms with Gasteiger partial charge in [0.05, 0.1) is 22.8 Å². The lowest BCUT2D eigenvalue weighted by molar-refractivity contribution is 0.544. The Bertz CT molecular complexity index is 2890. The van der Waals surface area contributed by atoms with Crippen molar-refractivity contribution in [2.45, 2.75) is 50.4 Å². The van der Waals surface area contributed by atoms with E-state index in [1.807, 2.05) is 0 Å². The first-order valence-electron chi connectivity index (χ1n) is 18.8. The van der Waals surface area contributed by atoms with Crippen LogP contribution in [0.3, 0.4) is 0 Å². The number of fused-ring (bicyclic) bond motifs is 13. The van der Waals surface area contributed by atoms with Gasteiger partial charge in [-0.25, -0.2) is 9.97 Å². The van der Waals surface area contributed by atoms with Gasteiger partial charge in [-0.15, -0.1) is 0 Å². The van der Waals surface area contributed by atoms with Crippen molar-refractivity contribution >= 4 is 38.1 Å². The van der Waals surface area contributed by atoms with E-state index in [4.69, 9.17) is 14.4 Å². The molecule has 0 aliphatic heterocycles. The number of benzene rings is 6. The van der Waals surface area contributed by atoms with Crippen LogP contribution in [0.2, 0.25) is 0 Å². The van der Waals surface area contributed by atoms with Crippen LogP contribution in [0.1, 0.15) is 83.6 Å². The van der Waals surface area contributed by atoms with E-state index < -0.39 is 0 Å². The number of hydrogen-bond acceptors (Lipinski definition) is 3. The summed E-state index contributed by atoms with van der Waals surface area (Å²) in [6, 6.07) is 44.7. The average Bonchev–Trinajstić information content (AvgIpc) is 3.84. The highest BCUT2D eigenvalue weighted by Gasteiger charge is 2.47. The highest BCUT2D eigenvalue weighted by atomic mass is 16.3. The molecule has 1 fully saturated rings. The first kappa shape index (κ1) is 28.8. The number of allylic oxidation sites excluding steroid dienone is 1. The summed E-state index contributed by atoms with van der Waals surface area (Å²) in [4.78, 5) is 11.7. The number of para-hydroxylation sites is 1. The largest absolute Gasteiger partial charge is 0.460 e. The second kappa shape index (κ2) is 10.2. The molecule has 3 atom stereocenters. The van der Waals surface area contributed by atoms with Gasteiger partial charge >= 0.3 is 0 Å². The van der Waals surface area contributed by atoms with Crippen LogP contribution in [0, 0.1) is 5.92 Å². The van der Waals surface area contributed by atoms with Gasteiger partial charge in [0.25, 0.3) is 0 Å². The summed E-state index contributed by atoms with van der Waals surface area (Å²) in [5.74, 6) is 2.09. The van der Waals surface area contributed by atoms with Crippen LogP contribution < -0.4 is 0 Å². The predicted octanol–water partition coefficient (Wildman–Crippen LogP) is 12.1. The number of hydrogen-bond donors (Lipinski definition) is 0. The predicted molar refractivity (Wildman–Crippen MR) is 211 cm³/mol. The third-order valence-electron chi connectivity index (χ3n) is 12.7. The number of aromatic nitrogens is 2. The van der Waals surface area contributed by atoms with Gasteiger partial charge in [0.15, 0.2) is 0 Å². The third kappa shape index (κ3) is 3.91. The smallest absolute Gasteiger partial charge is 0.134 e. The van der Waals surface area contributed by atoms with Crippen LogP contribution in [0.25, 0.3) is 60.5 Å². The van der Waals surface area contributed by atoms with Crippen molar-refractivity contribution in [3.05, 3.63) is 172 Å². The minimum atomic E-state index is -0.265. The molecule has 3 nitrogen and oxygen atoms in total. The molecule has 0 bridgehead atoms. The fourth-order valence-corrected chi connectivity index (χ4v) is 9.94. The zero-order valence-electron chi connectivity index (χ0n) is 29.3. The molecule has 52 heavy (non-hydrogen) atoms. The lowest BCUT2D eigenvalue weighted by Crippen LogP contribution is -2.20. The molecule has 0 saturated heterocycles. The van der Waals surface area contributed by atoms with Gasteiger partial charge in [-0.05, 0) is 98.8 Å². The van der Waals surface area contributed by atoms with Crippen LogP contribution in [-0.2, 0) is 11.8 Å². The van der Waals surface area contributed by atoms with Crippen molar-refractivity contribution in [3.63, 3.8) is 0 Å². The molecule has 3 unspecified atom stereocenters. The second-order valence-electron chi connectivity index (χ2n) is 16.0. The molecule has 8 aromatic rings. The maximum atomic E-state index is 6.68. The quantitative estimate of drug-likeness (QED) is 0.184. The zero-order chi connectivity index (χ0) is 34.3. The van der Waals surface area contributed by atoms with E-state index in [9.17, 15) is 0 Å². The zero-order valence-corrected chi connectivity index (χ0v) is 29.3. The molecule has 12 rings (SSSR count). The maximum Gasteiger partial charge on any atom is 0.134 e. The molecule has 6 aromatic carbocycles. The molecule has 248 valence electrons. The van der Waals surface area contributed by atoms with Crippen LogP contribution in [-0.4, -0.2) is 9.97 Å². The van der Waals surface area contributed by atoms with Crippen molar-refractivity contribution in [2.75, 3.05) is 0 Å². The summed E-state index contributed by atoms with van der Waals surface area (Å²) in [6.07, 6.45) is 5.55. The van der Waals surface area contributed by atoms with E-state index >= 15 is 0 Å². The standard InChI is InChI=1S/C49H36N2O/c1-49(2)41-17-9-7-15-34(41)46-48(49)51-45(40-26-32-25-37(32)47-43(40)35-16-8-10-18-42(35)52-47)44(50-46)33-20-19-31-21-27-11-3-4-12-28(27)22-36(31)39-24-30-14-6-5-13-29(30)23-38(33)39/h3-18,21-24,26,32-33,37H,19-20,25H2,1-2H3. The minimum absolute atomic E-state index is 0.0400. The van der Waals surface area contributed by atoms with Crippen LogP contribution in [0.5, 0.6) is 0 Å². The van der Waals surface area contributed by atoms with Gasteiger partial charge in [-0.2, -0.15) is 0 Å². The monoisotopic (exact) mass is 668 g/mol. The maximum absolute atomic E-state index is 6.68. The molecule has 1 saturated carbocycles. The topological polar surface area (TPSA) is 38.9 Å². The van der Waals surface area contributed by atoms with Gasteiger partial charge in [-0.1, -0.05) is 117 Å². The number of rotatable bonds is 2. The fraction of sp³-hybridized carbons (Fsp3) is 0.184. The van der Waals surface area contributed by atoms with Gasteiger partial charge in [0.2, 0.25) is 0 Å². The van der Waals surface area contributed by atoms with E-state index in [1.54, 1.807) is 0 Å². The van der Waals surface area contributed by atoms with E-state index in [2.05, 4.69) is 141 Å². The molecular weight excluding hydrogens is 633 g/mol. The Morgan fingerprint density at radius 3 is 2.19 bits per heavy atom. The summed E-state index contributed by atoms with van der Waals surface area (Å²) >= 11 is 0. The minimum Gasteiger partial charge on any atom is -0.460 e. The Kier molecular flexibility index (Phi) is 5.64. The van der Waals surface area contributed by atoms with Crippen LogP contribution in [0.15, 0.2) is 132 Å². The van der Waals surface area contributed by atoms with Crippen molar-refractivity contribution in [1.82, 2.24) is 9.97 Å². The Morgan fingerprint density at radius 1 is 0.673 bits per heavy atom. The van der Waals surface area contributed by atoms with Crippen LogP contribution >= 0.6 is 0 Å². The number of nitrogens with zero attached hydrogens (tertiary/aromatic N) is 2. The highest BCUT2D eigenvalue weighted by molar-refractivity contribution is 6.00. The summed E-state index contributed by atoms with van der Waals surface area (Å²) < 4.78 is 6.68. The molecule has 0 N–H and O–H groups in total. The second-order valence-corrected chi connectivity index (χ2v) is 16.0. The Labute approximate surface area is 302 Å². The lowest BCUT2D eigenvalue weighted by Gasteiger charge is -2.26. The molecular formula is C49H36N2O. The van der Waals surface area contributed by atoms with Gasteiger partial charge in [0, 0.05) is 39.3 Å². The molecule has 0 amide bonds. The Morgan fingerprint density at radius 2 is 1.37 bits per heavy atom. The van der Waals surface area contributed by atoms with E-state index in [1.165, 1.54) is 71.4 Å². The van der Waals surface area contributed by atoms with Crippen molar-refractivity contribution in [2.24, 2.45) is 5.92 Å². The highest BCUT2D eigenvalue weighted by Crippen LogP contribution is 2.59. The fourth-order valence-electron chi connectivity index (χ4n) is 9.94. The van der Waals surface area contributed by atoms with E-state index in [0.29, 0.717) is 11.8 Å². The SMILES string of the molecule is CC1(C)c2ccccc2-c2nc(C3CCc4cc5ccccc5cc4-c4cc5ccccc5cc43)c(C3=CC4CC4c4oc5ccccc5c43)nc21. The van der Waals surface area contributed by atoms with Gasteiger partial charge in [0.1, 0.15) is 11.3 Å². The van der Waals surface area contributed by atoms with Gasteiger partial charge in [-0.3, -0.25) is 0 Å². The summed E-state index contributed by atoms with van der Waals surface area (Å²) in [5, 5.41) is 6.28. The summed E-state index contributed by atoms with van der Waals surface area (Å²) in [6.45, 7) is 4.63. The number of furan rings is 1. The normalized spacial score (nSPS) is 20.3. The van der Waals surface area contributed by atoms with Crippen molar-refractivity contribution in [1.29, 1.82) is 0 Å². The van der Waals surface area contributed by atoms with E-state index in [0.717, 1.165) is 53.4 Å². The van der Waals surface area contributed by atoms with E-state index in [-0.39, 0.29) is 11.3 Å². The first-order valence-corrected chi connectivity index (χ1v) is 18.8. The van der Waals surface area contributed by atoms with Crippen molar-refractivity contribution in [3.8, 4) is 22.4 Å². The van der Waals surface area contributed by atoms with Crippen molar-refractivity contribution < 1.29 is 4.42 Å².